The van der Waals surface area contributed by atoms with Gasteiger partial charge in [-0.3, -0.25) is 0 Å². The third-order valence-electron chi connectivity index (χ3n) is 5.83. The van der Waals surface area contributed by atoms with Gasteiger partial charge in [0.05, 0.1) is 5.56 Å². The van der Waals surface area contributed by atoms with E-state index in [0.717, 1.165) is 43.9 Å². The van der Waals surface area contributed by atoms with Crippen LogP contribution >= 0.6 is 0 Å². The topological polar surface area (TPSA) is 31.1 Å². The van der Waals surface area contributed by atoms with Crippen molar-refractivity contribution in [3.63, 3.8) is 0 Å². The molecular formula is C21H24F3N3. The van der Waals surface area contributed by atoms with Crippen molar-refractivity contribution in [1.82, 2.24) is 15.2 Å². The van der Waals surface area contributed by atoms with E-state index >= 15 is 0 Å². The third kappa shape index (κ3) is 3.50. The number of H-pyrrole nitrogens is 1. The van der Waals surface area contributed by atoms with Gasteiger partial charge in [0.2, 0.25) is 0 Å². The van der Waals surface area contributed by atoms with Crippen molar-refractivity contribution in [2.24, 2.45) is 0 Å². The molecule has 3 nitrogen and oxygen atoms in total. The Balaban J connectivity index is 1.47. The first kappa shape index (κ1) is 18.2. The molecule has 2 aromatic rings. The number of likely N-dealkylation sites (tertiary alicyclic amines) is 1. The van der Waals surface area contributed by atoms with Gasteiger partial charge in [0.25, 0.3) is 0 Å². The molecule has 0 radical (unpaired) electrons. The van der Waals surface area contributed by atoms with Gasteiger partial charge in [-0.25, -0.2) is 0 Å². The molecule has 2 aliphatic rings. The van der Waals surface area contributed by atoms with Crippen molar-refractivity contribution < 1.29 is 13.2 Å². The number of nitrogens with zero attached hydrogens (tertiary/aromatic N) is 1. The quantitative estimate of drug-likeness (QED) is 0.826. The third-order valence-corrected chi connectivity index (χ3v) is 5.83. The van der Waals surface area contributed by atoms with Crippen molar-refractivity contribution in [1.29, 1.82) is 0 Å². The van der Waals surface area contributed by atoms with Crippen molar-refractivity contribution in [2.75, 3.05) is 19.6 Å². The van der Waals surface area contributed by atoms with Crippen LogP contribution in [-0.4, -0.2) is 29.5 Å². The zero-order valence-corrected chi connectivity index (χ0v) is 15.2. The molecule has 4 rings (SSSR count). The number of hydrogen-bond donors (Lipinski definition) is 2. The number of halogens is 3. The molecule has 27 heavy (non-hydrogen) atoms. The van der Waals surface area contributed by atoms with E-state index in [0.29, 0.717) is 18.4 Å². The summed E-state index contributed by atoms with van der Waals surface area (Å²) in [5.41, 5.74) is 4.58. The maximum Gasteiger partial charge on any atom is 0.416 e. The van der Waals surface area contributed by atoms with Gasteiger partial charge >= 0.3 is 6.18 Å². The first-order valence-corrected chi connectivity index (χ1v) is 9.45. The lowest BCUT2D eigenvalue weighted by Gasteiger charge is -2.36. The predicted molar refractivity (Wildman–Crippen MR) is 100 cm³/mol. The molecule has 0 atom stereocenters. The lowest BCUT2D eigenvalue weighted by molar-refractivity contribution is -0.138. The Morgan fingerprint density at radius 3 is 2.63 bits per heavy atom. The van der Waals surface area contributed by atoms with Crippen LogP contribution in [0.2, 0.25) is 0 Å². The zero-order chi connectivity index (χ0) is 19.0. The molecule has 3 heterocycles. The van der Waals surface area contributed by atoms with Gasteiger partial charge in [-0.05, 0) is 36.0 Å². The molecule has 0 aliphatic carbocycles. The Morgan fingerprint density at radius 1 is 1.15 bits per heavy atom. The Bertz CT molecular complexity index is 829. The summed E-state index contributed by atoms with van der Waals surface area (Å²) in [5, 5.41) is 3.39. The Hall–Kier alpha value is -2.21. The van der Waals surface area contributed by atoms with Crippen LogP contribution < -0.4 is 5.32 Å². The van der Waals surface area contributed by atoms with Gasteiger partial charge in [-0.2, -0.15) is 13.2 Å². The predicted octanol–water partition coefficient (Wildman–Crippen LogP) is 4.53. The second-order valence-electron chi connectivity index (χ2n) is 7.38. The van der Waals surface area contributed by atoms with Gasteiger partial charge in [0.1, 0.15) is 0 Å². The molecule has 6 heteroatoms. The van der Waals surface area contributed by atoms with Crippen LogP contribution in [0.1, 0.15) is 46.7 Å². The van der Waals surface area contributed by atoms with Crippen LogP contribution in [0.15, 0.2) is 37.0 Å². The molecule has 0 amide bonds. The van der Waals surface area contributed by atoms with E-state index in [1.54, 1.807) is 12.1 Å². The number of nitrogens with one attached hydrogen (secondary N) is 2. The number of alkyl halides is 3. The summed E-state index contributed by atoms with van der Waals surface area (Å²) in [5.74, 6) is -0.0614. The van der Waals surface area contributed by atoms with E-state index in [4.69, 9.17) is 0 Å². The summed E-state index contributed by atoms with van der Waals surface area (Å²) < 4.78 is 40.0. The summed E-state index contributed by atoms with van der Waals surface area (Å²) in [7, 11) is 0. The molecule has 2 N–H and O–H groups in total. The fraction of sp³-hybridized carbons (Fsp3) is 0.429. The second kappa shape index (κ2) is 7.08. The normalized spacial score (nSPS) is 18.4. The van der Waals surface area contributed by atoms with E-state index in [1.807, 2.05) is 6.20 Å². The van der Waals surface area contributed by atoms with E-state index in [2.05, 4.69) is 21.8 Å². The summed E-state index contributed by atoms with van der Waals surface area (Å²) in [4.78, 5) is 5.57. The monoisotopic (exact) mass is 375 g/mol. The highest BCUT2D eigenvalue weighted by atomic mass is 19.4. The van der Waals surface area contributed by atoms with Crippen LogP contribution in [0.5, 0.6) is 0 Å². The average molecular weight is 375 g/mol. The Kier molecular flexibility index (Phi) is 4.76. The first-order valence-electron chi connectivity index (χ1n) is 9.45. The molecule has 0 saturated carbocycles. The minimum absolute atomic E-state index is 0.0614. The molecule has 0 bridgehead atoms. The number of benzene rings is 1. The summed E-state index contributed by atoms with van der Waals surface area (Å²) in [6.45, 7) is 7.54. The minimum atomic E-state index is -4.30. The number of piperidine rings is 1. The number of aromatic nitrogens is 1. The molecule has 1 fully saturated rings. The zero-order valence-electron chi connectivity index (χ0n) is 15.2. The Morgan fingerprint density at radius 2 is 1.89 bits per heavy atom. The molecule has 1 aromatic heterocycles. The van der Waals surface area contributed by atoms with E-state index in [-0.39, 0.29) is 5.92 Å². The minimum Gasteiger partial charge on any atom is -0.371 e. The maximum absolute atomic E-state index is 13.3. The highest BCUT2D eigenvalue weighted by Gasteiger charge is 2.36. The van der Waals surface area contributed by atoms with Gasteiger partial charge in [0, 0.05) is 55.8 Å². The van der Waals surface area contributed by atoms with Crippen molar-refractivity contribution >= 4 is 5.70 Å². The number of fused-ring (bicyclic) bond motifs is 1. The smallest absolute Gasteiger partial charge is 0.371 e. The SMILES string of the molecule is C=C(c1c[nH]c2c1CNCC2)N1CCC(c2ccccc2C(F)(F)F)CC1. The molecule has 0 spiro atoms. The van der Waals surface area contributed by atoms with Crippen molar-refractivity contribution in [3.8, 4) is 0 Å². The number of aromatic amines is 1. The van der Waals surface area contributed by atoms with Crippen molar-refractivity contribution in [2.45, 2.75) is 37.9 Å². The van der Waals surface area contributed by atoms with Gasteiger partial charge < -0.3 is 15.2 Å². The van der Waals surface area contributed by atoms with Crippen LogP contribution in [0.25, 0.3) is 5.70 Å². The molecule has 2 aliphatic heterocycles. The first-order chi connectivity index (χ1) is 12.9. The highest BCUT2D eigenvalue weighted by Crippen LogP contribution is 2.39. The summed E-state index contributed by atoms with van der Waals surface area (Å²) in [6, 6.07) is 5.99. The molecule has 144 valence electrons. The number of hydrogen-bond acceptors (Lipinski definition) is 2. The molecule has 1 saturated heterocycles. The van der Waals surface area contributed by atoms with Crippen LogP contribution in [0, 0.1) is 0 Å². The lowest BCUT2D eigenvalue weighted by Crippen LogP contribution is -2.32. The number of rotatable bonds is 3. The fourth-order valence-electron chi connectivity index (χ4n) is 4.35. The van der Waals surface area contributed by atoms with Crippen molar-refractivity contribution in [3.05, 3.63) is 65.0 Å². The van der Waals surface area contributed by atoms with Crippen LogP contribution in [0.3, 0.4) is 0 Å². The van der Waals surface area contributed by atoms with Gasteiger partial charge in [-0.15, -0.1) is 0 Å². The van der Waals surface area contributed by atoms with E-state index < -0.39 is 11.7 Å². The second-order valence-corrected chi connectivity index (χ2v) is 7.38. The summed E-state index contributed by atoms with van der Waals surface area (Å²) >= 11 is 0. The van der Waals surface area contributed by atoms with E-state index in [9.17, 15) is 13.2 Å². The lowest BCUT2D eigenvalue weighted by atomic mass is 9.86. The summed E-state index contributed by atoms with van der Waals surface area (Å²) in [6.07, 6.45) is 0.117. The molecule has 0 unspecified atom stereocenters. The Labute approximate surface area is 157 Å². The van der Waals surface area contributed by atoms with Gasteiger partial charge in [-0.1, -0.05) is 24.8 Å². The average Bonchev–Trinajstić information content (AvgIpc) is 3.11. The fourth-order valence-corrected chi connectivity index (χ4v) is 4.35. The molecule has 1 aromatic carbocycles. The van der Waals surface area contributed by atoms with E-state index in [1.165, 1.54) is 23.4 Å². The highest BCUT2D eigenvalue weighted by molar-refractivity contribution is 5.66. The van der Waals surface area contributed by atoms with Crippen LogP contribution in [0.4, 0.5) is 13.2 Å². The maximum atomic E-state index is 13.3. The standard InChI is InChI=1S/C21H24F3N3/c1-14(17-13-26-20-6-9-25-12-18(17)20)27-10-7-15(8-11-27)16-4-2-3-5-19(16)21(22,23)24/h2-5,13,15,25-26H,1,6-12H2. The largest absolute Gasteiger partial charge is 0.416 e. The van der Waals surface area contributed by atoms with Gasteiger partial charge in [0.15, 0.2) is 0 Å². The molecular weight excluding hydrogens is 351 g/mol. The van der Waals surface area contributed by atoms with Crippen LogP contribution in [-0.2, 0) is 19.1 Å².